The lowest BCUT2D eigenvalue weighted by Crippen LogP contribution is -2.28. The van der Waals surface area contributed by atoms with Gasteiger partial charge in [0, 0.05) is 19.2 Å². The van der Waals surface area contributed by atoms with Crippen LogP contribution in [0.15, 0.2) is 30.3 Å². The molecule has 1 aromatic carbocycles. The fraction of sp³-hybridized carbons (Fsp3) is 0.438. The highest BCUT2D eigenvalue weighted by atomic mass is 19.4. The van der Waals surface area contributed by atoms with E-state index in [0.717, 1.165) is 18.6 Å². The summed E-state index contributed by atoms with van der Waals surface area (Å²) in [5, 5.41) is 0. The second kappa shape index (κ2) is 6.52. The lowest BCUT2D eigenvalue weighted by molar-refractivity contribution is -0.137. The van der Waals surface area contributed by atoms with Crippen LogP contribution in [0.2, 0.25) is 0 Å². The van der Waals surface area contributed by atoms with E-state index in [9.17, 15) is 18.0 Å². The average molecular weight is 312 g/mol. The van der Waals surface area contributed by atoms with Crippen molar-refractivity contribution in [1.82, 2.24) is 4.90 Å². The molecule has 3 nitrogen and oxygen atoms in total. The summed E-state index contributed by atoms with van der Waals surface area (Å²) < 4.78 is 38.1. The van der Waals surface area contributed by atoms with Gasteiger partial charge in [-0.05, 0) is 49.1 Å². The molecule has 0 aromatic heterocycles. The van der Waals surface area contributed by atoms with Gasteiger partial charge in [-0.1, -0.05) is 12.1 Å². The second-order valence-corrected chi connectivity index (χ2v) is 5.58. The Hall–Kier alpha value is -1.82. The molecule has 1 aliphatic rings. The van der Waals surface area contributed by atoms with E-state index in [1.54, 1.807) is 17.9 Å². The highest BCUT2D eigenvalue weighted by Gasteiger charge is 2.30. The van der Waals surface area contributed by atoms with Gasteiger partial charge in [-0.3, -0.25) is 4.79 Å². The standard InChI is InChI=1S/C16H19F3N2O/c1-11(7-15(22)21-6-5-12(9-20)10-21)13-3-2-4-14(8-13)16(17,18)19/h2-4,7-8,12H,5-6,9-10,20H2,1H3. The predicted molar refractivity (Wildman–Crippen MR) is 78.8 cm³/mol. The van der Waals surface area contributed by atoms with E-state index >= 15 is 0 Å². The topological polar surface area (TPSA) is 46.3 Å². The monoisotopic (exact) mass is 312 g/mol. The van der Waals surface area contributed by atoms with Crippen LogP contribution in [0.5, 0.6) is 0 Å². The number of benzene rings is 1. The van der Waals surface area contributed by atoms with Crippen LogP contribution in [-0.2, 0) is 11.0 Å². The number of hydrogen-bond donors (Lipinski definition) is 1. The zero-order valence-electron chi connectivity index (χ0n) is 12.4. The Labute approximate surface area is 127 Å². The van der Waals surface area contributed by atoms with Gasteiger partial charge in [0.2, 0.25) is 5.91 Å². The second-order valence-electron chi connectivity index (χ2n) is 5.58. The number of nitrogens with two attached hydrogens (primary N) is 1. The van der Waals surface area contributed by atoms with Crippen molar-refractivity contribution < 1.29 is 18.0 Å². The third-order valence-corrected chi connectivity index (χ3v) is 3.92. The third-order valence-electron chi connectivity index (χ3n) is 3.92. The SMILES string of the molecule is CC(=CC(=O)N1CCC(CN)C1)c1cccc(C(F)(F)F)c1. The number of likely N-dealkylation sites (tertiary alicyclic amines) is 1. The molecule has 1 amide bonds. The van der Waals surface area contributed by atoms with Gasteiger partial charge < -0.3 is 10.6 Å². The Morgan fingerprint density at radius 1 is 1.45 bits per heavy atom. The Balaban J connectivity index is 2.14. The summed E-state index contributed by atoms with van der Waals surface area (Å²) in [5.74, 6) is 0.136. The normalized spacial score (nSPS) is 19.6. The highest BCUT2D eigenvalue weighted by molar-refractivity contribution is 5.95. The van der Waals surface area contributed by atoms with E-state index in [1.165, 1.54) is 12.1 Å². The molecular weight excluding hydrogens is 293 g/mol. The molecule has 6 heteroatoms. The molecule has 0 aliphatic carbocycles. The van der Waals surface area contributed by atoms with Gasteiger partial charge in [0.25, 0.3) is 0 Å². The number of rotatable bonds is 3. The molecule has 0 spiro atoms. The molecule has 1 saturated heterocycles. The molecule has 0 saturated carbocycles. The van der Waals surface area contributed by atoms with E-state index in [2.05, 4.69) is 0 Å². The van der Waals surface area contributed by atoms with E-state index in [-0.39, 0.29) is 5.91 Å². The molecule has 2 rings (SSSR count). The Bertz CT molecular complexity index is 581. The van der Waals surface area contributed by atoms with Gasteiger partial charge in [0.05, 0.1) is 5.56 Å². The summed E-state index contributed by atoms with van der Waals surface area (Å²) in [6, 6.07) is 5.00. The Morgan fingerprint density at radius 3 is 2.77 bits per heavy atom. The summed E-state index contributed by atoms with van der Waals surface area (Å²) in [6.07, 6.45) is -2.11. The summed E-state index contributed by atoms with van der Waals surface area (Å²) in [5.41, 5.74) is 5.79. The maximum Gasteiger partial charge on any atom is 0.416 e. The van der Waals surface area contributed by atoms with Crippen molar-refractivity contribution >= 4 is 11.5 Å². The number of halogens is 3. The number of amides is 1. The van der Waals surface area contributed by atoms with E-state index in [4.69, 9.17) is 5.73 Å². The van der Waals surface area contributed by atoms with Gasteiger partial charge in [0.1, 0.15) is 0 Å². The van der Waals surface area contributed by atoms with Crippen molar-refractivity contribution in [2.75, 3.05) is 19.6 Å². The largest absolute Gasteiger partial charge is 0.416 e. The molecule has 1 aromatic rings. The minimum absolute atomic E-state index is 0.175. The maximum atomic E-state index is 12.7. The fourth-order valence-electron chi connectivity index (χ4n) is 2.53. The quantitative estimate of drug-likeness (QED) is 0.872. The third kappa shape index (κ3) is 3.88. The van der Waals surface area contributed by atoms with Crippen LogP contribution in [0.25, 0.3) is 5.57 Å². The van der Waals surface area contributed by atoms with E-state index < -0.39 is 11.7 Å². The predicted octanol–water partition coefficient (Wildman–Crippen LogP) is 2.92. The summed E-state index contributed by atoms with van der Waals surface area (Å²) in [6.45, 7) is 3.44. The molecule has 1 heterocycles. The van der Waals surface area contributed by atoms with Crippen LogP contribution in [0.3, 0.4) is 0 Å². The van der Waals surface area contributed by atoms with Gasteiger partial charge in [0.15, 0.2) is 0 Å². The Kier molecular flexibility index (Phi) is 4.90. The van der Waals surface area contributed by atoms with Crippen molar-refractivity contribution in [2.45, 2.75) is 19.5 Å². The number of carbonyl (C=O) groups excluding carboxylic acids is 1. The molecular formula is C16H19F3N2O. The number of carbonyl (C=O) groups is 1. The zero-order valence-corrected chi connectivity index (χ0v) is 12.4. The zero-order chi connectivity index (χ0) is 16.3. The molecule has 0 bridgehead atoms. The first-order chi connectivity index (χ1) is 10.3. The summed E-state index contributed by atoms with van der Waals surface area (Å²) in [7, 11) is 0. The number of allylic oxidation sites excluding steroid dienone is 1. The minimum atomic E-state index is -4.39. The minimum Gasteiger partial charge on any atom is -0.339 e. The smallest absolute Gasteiger partial charge is 0.339 e. The van der Waals surface area contributed by atoms with Gasteiger partial charge >= 0.3 is 6.18 Å². The first kappa shape index (κ1) is 16.5. The van der Waals surface area contributed by atoms with Gasteiger partial charge in [-0.2, -0.15) is 13.2 Å². The van der Waals surface area contributed by atoms with Crippen molar-refractivity contribution in [3.8, 4) is 0 Å². The van der Waals surface area contributed by atoms with Crippen LogP contribution in [-0.4, -0.2) is 30.4 Å². The van der Waals surface area contributed by atoms with Gasteiger partial charge in [-0.15, -0.1) is 0 Å². The van der Waals surface area contributed by atoms with Crippen LogP contribution < -0.4 is 5.73 Å². The van der Waals surface area contributed by atoms with E-state index in [1.807, 2.05) is 0 Å². The fourth-order valence-corrected chi connectivity index (χ4v) is 2.53. The van der Waals surface area contributed by atoms with Crippen LogP contribution in [0, 0.1) is 5.92 Å². The number of hydrogen-bond acceptors (Lipinski definition) is 2. The van der Waals surface area contributed by atoms with Gasteiger partial charge in [-0.25, -0.2) is 0 Å². The molecule has 1 atom stereocenters. The average Bonchev–Trinajstić information content (AvgIpc) is 2.95. The van der Waals surface area contributed by atoms with Crippen LogP contribution in [0.4, 0.5) is 13.2 Å². The maximum absolute atomic E-state index is 12.7. The van der Waals surface area contributed by atoms with Crippen molar-refractivity contribution in [3.05, 3.63) is 41.5 Å². The summed E-state index contributed by atoms with van der Waals surface area (Å²) >= 11 is 0. The molecule has 22 heavy (non-hydrogen) atoms. The lowest BCUT2D eigenvalue weighted by atomic mass is 10.0. The van der Waals surface area contributed by atoms with E-state index in [0.29, 0.717) is 36.7 Å². The van der Waals surface area contributed by atoms with Crippen molar-refractivity contribution in [2.24, 2.45) is 11.7 Å². The van der Waals surface area contributed by atoms with Crippen molar-refractivity contribution in [3.63, 3.8) is 0 Å². The molecule has 120 valence electrons. The van der Waals surface area contributed by atoms with Crippen LogP contribution in [0.1, 0.15) is 24.5 Å². The lowest BCUT2D eigenvalue weighted by Gasteiger charge is -2.15. The molecule has 1 aliphatic heterocycles. The molecule has 1 unspecified atom stereocenters. The first-order valence-electron chi connectivity index (χ1n) is 7.16. The first-order valence-corrected chi connectivity index (χ1v) is 7.16. The summed E-state index contributed by atoms with van der Waals surface area (Å²) in [4.78, 5) is 13.8. The Morgan fingerprint density at radius 2 is 2.18 bits per heavy atom. The van der Waals surface area contributed by atoms with Crippen molar-refractivity contribution in [1.29, 1.82) is 0 Å². The molecule has 1 fully saturated rings. The molecule has 0 radical (unpaired) electrons. The highest BCUT2D eigenvalue weighted by Crippen LogP contribution is 2.31. The number of alkyl halides is 3. The number of nitrogens with zero attached hydrogens (tertiary/aromatic N) is 1. The van der Waals surface area contributed by atoms with Crippen LogP contribution >= 0.6 is 0 Å². The molecule has 2 N–H and O–H groups in total.